The average Bonchev–Trinajstić information content (AvgIpc) is 2.81. The molecule has 31 heavy (non-hydrogen) atoms. The van der Waals surface area contributed by atoms with Crippen LogP contribution in [0.15, 0.2) is 42.5 Å². The molecular formula is C26H30ClN3O. The number of carbonyl (C=O) groups is 1. The largest absolute Gasteiger partial charge is 0.342 e. The van der Waals surface area contributed by atoms with Gasteiger partial charge in [-0.15, -0.1) is 0 Å². The maximum Gasteiger partial charge on any atom is 0.225 e. The van der Waals surface area contributed by atoms with Crippen LogP contribution < -0.4 is 0 Å². The Balaban J connectivity index is 1.36. The number of hydrogen-bond acceptors (Lipinski definition) is 3. The molecule has 2 saturated heterocycles. The molecule has 4 rings (SSSR count). The molecule has 0 atom stereocenters. The van der Waals surface area contributed by atoms with E-state index in [-0.39, 0.29) is 11.8 Å². The van der Waals surface area contributed by atoms with Gasteiger partial charge in [-0.3, -0.25) is 9.69 Å². The van der Waals surface area contributed by atoms with E-state index in [0.29, 0.717) is 5.91 Å². The first-order valence-corrected chi connectivity index (χ1v) is 11.7. The highest BCUT2D eigenvalue weighted by Gasteiger charge is 2.31. The minimum absolute atomic E-state index is 0.120. The number of piperidine rings is 2. The maximum absolute atomic E-state index is 12.9. The Morgan fingerprint density at radius 3 is 2.45 bits per heavy atom. The second-order valence-electron chi connectivity index (χ2n) is 8.90. The van der Waals surface area contributed by atoms with Crippen LogP contribution in [0.3, 0.4) is 0 Å². The Hall–Kier alpha value is -2.35. The van der Waals surface area contributed by atoms with Crippen molar-refractivity contribution in [2.75, 3.05) is 26.2 Å². The van der Waals surface area contributed by atoms with Crippen LogP contribution >= 0.6 is 11.6 Å². The van der Waals surface area contributed by atoms with Crippen molar-refractivity contribution in [2.24, 2.45) is 11.8 Å². The van der Waals surface area contributed by atoms with Gasteiger partial charge in [0.1, 0.15) is 0 Å². The zero-order chi connectivity index (χ0) is 21.8. The molecule has 2 aliphatic heterocycles. The average molecular weight is 436 g/mol. The lowest BCUT2D eigenvalue weighted by Crippen LogP contribution is -2.45. The Bertz CT molecular complexity index is 967. The molecule has 2 fully saturated rings. The Morgan fingerprint density at radius 1 is 1.06 bits per heavy atom. The van der Waals surface area contributed by atoms with Gasteiger partial charge in [-0.25, -0.2) is 0 Å². The summed E-state index contributed by atoms with van der Waals surface area (Å²) in [5.41, 5.74) is 4.76. The molecule has 2 aromatic carbocycles. The fourth-order valence-electron chi connectivity index (χ4n) is 4.77. The lowest BCUT2D eigenvalue weighted by molar-refractivity contribution is -0.138. The molecular weight excluding hydrogens is 406 g/mol. The third-order valence-electron chi connectivity index (χ3n) is 6.82. The molecule has 162 valence electrons. The van der Waals surface area contributed by atoms with E-state index in [0.717, 1.165) is 74.6 Å². The molecule has 2 aliphatic rings. The van der Waals surface area contributed by atoms with Gasteiger partial charge in [-0.05, 0) is 74.0 Å². The van der Waals surface area contributed by atoms with E-state index in [4.69, 9.17) is 16.9 Å². The minimum atomic E-state index is 0.120. The van der Waals surface area contributed by atoms with Crippen LogP contribution in [-0.2, 0) is 11.3 Å². The number of aryl methyl sites for hydroxylation is 1. The monoisotopic (exact) mass is 435 g/mol. The summed E-state index contributed by atoms with van der Waals surface area (Å²) in [4.78, 5) is 17.4. The SMILES string of the molecule is Cc1ccc(-c2ccccc2CN2CCC(C(=O)N3CCC(C#N)CC3)CC2)cc1Cl. The van der Waals surface area contributed by atoms with E-state index >= 15 is 0 Å². The fraction of sp³-hybridized carbons (Fsp3) is 0.462. The number of nitrogens with zero attached hydrogens (tertiary/aromatic N) is 3. The molecule has 0 unspecified atom stereocenters. The predicted octanol–water partition coefficient (Wildman–Crippen LogP) is 5.29. The van der Waals surface area contributed by atoms with Crippen LogP contribution in [0, 0.1) is 30.1 Å². The van der Waals surface area contributed by atoms with Gasteiger partial charge in [-0.2, -0.15) is 5.26 Å². The van der Waals surface area contributed by atoms with Crippen molar-refractivity contribution in [3.63, 3.8) is 0 Å². The van der Waals surface area contributed by atoms with Gasteiger partial charge in [0.05, 0.1) is 6.07 Å². The van der Waals surface area contributed by atoms with Crippen molar-refractivity contribution in [1.82, 2.24) is 9.80 Å². The Kier molecular flexibility index (Phi) is 6.95. The molecule has 0 spiro atoms. The van der Waals surface area contributed by atoms with E-state index in [1.807, 2.05) is 11.8 Å². The summed E-state index contributed by atoms with van der Waals surface area (Å²) in [6.07, 6.45) is 3.47. The first-order valence-electron chi connectivity index (χ1n) is 11.3. The standard InChI is InChI=1S/C26H30ClN3O/c1-19-6-7-22(16-25(19)27)24-5-3-2-4-23(24)18-29-12-10-21(11-13-29)26(31)30-14-8-20(17-28)9-15-30/h2-7,16,20-21H,8-15,18H2,1H3. The van der Waals surface area contributed by atoms with Crippen molar-refractivity contribution in [2.45, 2.75) is 39.2 Å². The maximum atomic E-state index is 12.9. The van der Waals surface area contributed by atoms with Gasteiger partial charge in [0.15, 0.2) is 0 Å². The second-order valence-corrected chi connectivity index (χ2v) is 9.31. The number of nitriles is 1. The highest BCUT2D eigenvalue weighted by Crippen LogP contribution is 2.30. The van der Waals surface area contributed by atoms with Crippen LogP contribution in [0.1, 0.15) is 36.8 Å². The summed E-state index contributed by atoms with van der Waals surface area (Å²) in [6, 6.07) is 17.1. The molecule has 1 amide bonds. The van der Waals surface area contributed by atoms with Crippen LogP contribution in [0.25, 0.3) is 11.1 Å². The van der Waals surface area contributed by atoms with E-state index < -0.39 is 0 Å². The summed E-state index contributed by atoms with van der Waals surface area (Å²) >= 11 is 6.37. The number of benzene rings is 2. The van der Waals surface area contributed by atoms with Crippen molar-refractivity contribution >= 4 is 17.5 Å². The molecule has 5 heteroatoms. The first kappa shape index (κ1) is 21.9. The van der Waals surface area contributed by atoms with Gasteiger partial charge in [0, 0.05) is 36.5 Å². The minimum Gasteiger partial charge on any atom is -0.342 e. The molecule has 4 nitrogen and oxygen atoms in total. The van der Waals surface area contributed by atoms with Gasteiger partial charge < -0.3 is 4.90 Å². The lowest BCUT2D eigenvalue weighted by atomic mass is 9.92. The zero-order valence-corrected chi connectivity index (χ0v) is 18.9. The fourth-order valence-corrected chi connectivity index (χ4v) is 4.95. The Labute approximate surface area is 190 Å². The number of amides is 1. The van der Waals surface area contributed by atoms with Crippen molar-refractivity contribution in [1.29, 1.82) is 5.26 Å². The van der Waals surface area contributed by atoms with Crippen LogP contribution in [0.5, 0.6) is 0 Å². The number of halogens is 1. The van der Waals surface area contributed by atoms with E-state index in [9.17, 15) is 4.79 Å². The molecule has 0 radical (unpaired) electrons. The van der Waals surface area contributed by atoms with Crippen LogP contribution in [0.4, 0.5) is 0 Å². The quantitative estimate of drug-likeness (QED) is 0.655. The summed E-state index contributed by atoms with van der Waals surface area (Å²) < 4.78 is 0. The highest BCUT2D eigenvalue weighted by molar-refractivity contribution is 6.31. The van der Waals surface area contributed by atoms with E-state index in [2.05, 4.69) is 53.4 Å². The molecule has 2 aromatic rings. The van der Waals surface area contributed by atoms with Crippen LogP contribution in [0.2, 0.25) is 5.02 Å². The van der Waals surface area contributed by atoms with Crippen LogP contribution in [-0.4, -0.2) is 41.9 Å². The zero-order valence-electron chi connectivity index (χ0n) is 18.2. The van der Waals surface area contributed by atoms with E-state index in [1.165, 1.54) is 11.1 Å². The normalized spacial score (nSPS) is 18.7. The lowest BCUT2D eigenvalue weighted by Gasteiger charge is -2.36. The van der Waals surface area contributed by atoms with Gasteiger partial charge in [-0.1, -0.05) is 48.0 Å². The highest BCUT2D eigenvalue weighted by atomic mass is 35.5. The number of carbonyl (C=O) groups excluding carboxylic acids is 1. The summed E-state index contributed by atoms with van der Waals surface area (Å²) in [7, 11) is 0. The third kappa shape index (κ3) is 5.11. The number of rotatable bonds is 4. The second kappa shape index (κ2) is 9.85. The topological polar surface area (TPSA) is 47.3 Å². The summed E-state index contributed by atoms with van der Waals surface area (Å²) in [5, 5.41) is 9.86. The summed E-state index contributed by atoms with van der Waals surface area (Å²) in [5.74, 6) is 0.543. The van der Waals surface area contributed by atoms with Gasteiger partial charge in [0.25, 0.3) is 0 Å². The third-order valence-corrected chi connectivity index (χ3v) is 7.23. The summed E-state index contributed by atoms with van der Waals surface area (Å²) in [6.45, 7) is 6.26. The van der Waals surface area contributed by atoms with Gasteiger partial charge in [0.2, 0.25) is 5.91 Å². The molecule has 0 N–H and O–H groups in total. The van der Waals surface area contributed by atoms with Crippen molar-refractivity contribution in [3.05, 3.63) is 58.6 Å². The molecule has 2 heterocycles. The molecule has 0 aromatic heterocycles. The van der Waals surface area contributed by atoms with Crippen molar-refractivity contribution < 1.29 is 4.79 Å². The number of likely N-dealkylation sites (tertiary alicyclic amines) is 2. The molecule has 0 aliphatic carbocycles. The smallest absolute Gasteiger partial charge is 0.225 e. The number of hydrogen-bond donors (Lipinski definition) is 0. The molecule has 0 bridgehead atoms. The van der Waals surface area contributed by atoms with Gasteiger partial charge >= 0.3 is 0 Å². The molecule has 0 saturated carbocycles. The van der Waals surface area contributed by atoms with Crippen molar-refractivity contribution in [3.8, 4) is 17.2 Å². The Morgan fingerprint density at radius 2 is 1.77 bits per heavy atom. The van der Waals surface area contributed by atoms with E-state index in [1.54, 1.807) is 0 Å². The first-order chi connectivity index (χ1) is 15.0. The predicted molar refractivity (Wildman–Crippen MR) is 125 cm³/mol.